The van der Waals surface area contributed by atoms with Crippen molar-refractivity contribution in [1.29, 1.82) is 0 Å². The van der Waals surface area contributed by atoms with Crippen LogP contribution in [0.25, 0.3) is 0 Å². The Bertz CT molecular complexity index is 695. The van der Waals surface area contributed by atoms with Crippen LogP contribution in [0.2, 0.25) is 0 Å². The molecule has 1 aliphatic heterocycles. The Morgan fingerprint density at radius 3 is 2.72 bits per heavy atom. The SMILES string of the molecule is CCC(CS(=O)(=O)c1ccccc1)NC(=NC)NCCCOCC1CCCO1.I. The zero-order valence-electron chi connectivity index (χ0n) is 17.3. The van der Waals surface area contributed by atoms with E-state index in [-0.39, 0.29) is 41.9 Å². The Labute approximate surface area is 192 Å². The fourth-order valence-electron chi connectivity index (χ4n) is 3.01. The van der Waals surface area contributed by atoms with Gasteiger partial charge in [0.15, 0.2) is 15.8 Å². The molecule has 0 amide bonds. The van der Waals surface area contributed by atoms with Crippen molar-refractivity contribution in [3.63, 3.8) is 0 Å². The van der Waals surface area contributed by atoms with Gasteiger partial charge in [-0.15, -0.1) is 24.0 Å². The van der Waals surface area contributed by atoms with Crippen molar-refractivity contribution in [3.8, 4) is 0 Å². The molecule has 166 valence electrons. The minimum atomic E-state index is -3.34. The summed E-state index contributed by atoms with van der Waals surface area (Å²) >= 11 is 0. The molecule has 0 radical (unpaired) electrons. The van der Waals surface area contributed by atoms with Gasteiger partial charge in [-0.2, -0.15) is 0 Å². The molecule has 1 saturated heterocycles. The standard InChI is InChI=1S/C20H33N3O4S.HI/c1-3-17(16-28(24,25)19-10-5-4-6-11-19)23-20(21-2)22-12-8-13-26-15-18-9-7-14-27-18;/h4-6,10-11,17-18H,3,7-9,12-16H2,1-2H3,(H2,21,22,23);1H. The van der Waals surface area contributed by atoms with Gasteiger partial charge in [0.05, 0.1) is 23.4 Å². The number of benzene rings is 1. The Morgan fingerprint density at radius 2 is 2.10 bits per heavy atom. The number of aliphatic imine (C=N–C) groups is 1. The molecule has 1 aliphatic rings. The fourth-order valence-corrected chi connectivity index (χ4v) is 4.62. The number of hydrogen-bond acceptors (Lipinski definition) is 5. The van der Waals surface area contributed by atoms with E-state index in [0.717, 1.165) is 25.9 Å². The summed E-state index contributed by atoms with van der Waals surface area (Å²) in [5.41, 5.74) is 0. The second-order valence-corrected chi connectivity index (χ2v) is 8.94. The lowest BCUT2D eigenvalue weighted by Gasteiger charge is -2.20. The molecule has 9 heteroatoms. The monoisotopic (exact) mass is 539 g/mol. The van der Waals surface area contributed by atoms with Gasteiger partial charge < -0.3 is 20.1 Å². The third-order valence-corrected chi connectivity index (χ3v) is 6.50. The molecule has 29 heavy (non-hydrogen) atoms. The third-order valence-electron chi connectivity index (χ3n) is 4.67. The van der Waals surface area contributed by atoms with Crippen molar-refractivity contribution in [2.24, 2.45) is 4.99 Å². The number of ether oxygens (including phenoxy) is 2. The first kappa shape index (κ1) is 26.1. The summed E-state index contributed by atoms with van der Waals surface area (Å²) in [6.07, 6.45) is 3.97. The van der Waals surface area contributed by atoms with E-state index in [1.54, 1.807) is 31.3 Å². The minimum absolute atomic E-state index is 0. The Kier molecular flexibility index (Phi) is 12.8. The van der Waals surface area contributed by atoms with E-state index >= 15 is 0 Å². The maximum absolute atomic E-state index is 12.6. The second-order valence-electron chi connectivity index (χ2n) is 6.91. The van der Waals surface area contributed by atoms with E-state index in [9.17, 15) is 8.42 Å². The molecule has 0 spiro atoms. The van der Waals surface area contributed by atoms with E-state index in [1.807, 2.05) is 13.0 Å². The normalized spacial score (nSPS) is 18.1. The average molecular weight is 539 g/mol. The molecule has 2 N–H and O–H groups in total. The highest BCUT2D eigenvalue weighted by Crippen LogP contribution is 2.13. The molecule has 0 aromatic heterocycles. The topological polar surface area (TPSA) is 89.0 Å². The Hall–Kier alpha value is -0.910. The zero-order chi connectivity index (χ0) is 20.2. The van der Waals surface area contributed by atoms with Crippen molar-refractivity contribution < 1.29 is 17.9 Å². The number of guanidine groups is 1. The lowest BCUT2D eigenvalue weighted by molar-refractivity contribution is 0.0168. The summed E-state index contributed by atoms with van der Waals surface area (Å²) < 4.78 is 36.3. The van der Waals surface area contributed by atoms with Gasteiger partial charge in [0.1, 0.15) is 0 Å². The van der Waals surface area contributed by atoms with Crippen LogP contribution in [0.4, 0.5) is 0 Å². The van der Waals surface area contributed by atoms with Crippen LogP contribution in [0.15, 0.2) is 40.2 Å². The summed E-state index contributed by atoms with van der Waals surface area (Å²) in [5.74, 6) is 0.632. The van der Waals surface area contributed by atoms with Crippen LogP contribution in [0.5, 0.6) is 0 Å². The number of hydrogen-bond donors (Lipinski definition) is 2. The highest BCUT2D eigenvalue weighted by molar-refractivity contribution is 14.0. The number of nitrogens with zero attached hydrogens (tertiary/aromatic N) is 1. The van der Waals surface area contributed by atoms with E-state index in [2.05, 4.69) is 15.6 Å². The minimum Gasteiger partial charge on any atom is -0.379 e. The molecule has 2 rings (SSSR count). The second kappa shape index (κ2) is 14.2. The Morgan fingerprint density at radius 1 is 1.34 bits per heavy atom. The largest absolute Gasteiger partial charge is 0.379 e. The zero-order valence-corrected chi connectivity index (χ0v) is 20.4. The van der Waals surface area contributed by atoms with Crippen molar-refractivity contribution >= 4 is 39.8 Å². The maximum Gasteiger partial charge on any atom is 0.191 e. The molecule has 2 atom stereocenters. The van der Waals surface area contributed by atoms with Gasteiger partial charge in [-0.25, -0.2) is 8.42 Å². The lowest BCUT2D eigenvalue weighted by Crippen LogP contribution is -2.46. The molecular weight excluding hydrogens is 505 g/mol. The van der Waals surface area contributed by atoms with E-state index < -0.39 is 9.84 Å². The molecule has 2 unspecified atom stereocenters. The molecular formula is C20H34IN3O4S. The highest BCUT2D eigenvalue weighted by atomic mass is 127. The molecule has 7 nitrogen and oxygen atoms in total. The fraction of sp³-hybridized carbons (Fsp3) is 0.650. The van der Waals surface area contributed by atoms with Crippen LogP contribution in [0, 0.1) is 0 Å². The van der Waals surface area contributed by atoms with Crippen LogP contribution in [-0.2, 0) is 19.3 Å². The van der Waals surface area contributed by atoms with E-state index in [0.29, 0.717) is 37.0 Å². The summed E-state index contributed by atoms with van der Waals surface area (Å²) in [6.45, 7) is 4.82. The van der Waals surface area contributed by atoms with E-state index in [1.165, 1.54) is 0 Å². The number of rotatable bonds is 11. The highest BCUT2D eigenvalue weighted by Gasteiger charge is 2.21. The van der Waals surface area contributed by atoms with Crippen LogP contribution in [0.3, 0.4) is 0 Å². The molecule has 1 aromatic rings. The van der Waals surface area contributed by atoms with Gasteiger partial charge in [0, 0.05) is 32.8 Å². The van der Waals surface area contributed by atoms with Crippen molar-refractivity contribution in [2.75, 3.05) is 39.2 Å². The number of nitrogens with one attached hydrogen (secondary N) is 2. The van der Waals surface area contributed by atoms with Crippen molar-refractivity contribution in [2.45, 2.75) is 49.6 Å². The third kappa shape index (κ3) is 9.63. The molecule has 0 saturated carbocycles. The molecule has 0 aliphatic carbocycles. The number of sulfone groups is 1. The maximum atomic E-state index is 12.6. The van der Waals surface area contributed by atoms with Crippen LogP contribution in [0.1, 0.15) is 32.6 Å². The molecule has 1 heterocycles. The van der Waals surface area contributed by atoms with Crippen LogP contribution >= 0.6 is 24.0 Å². The van der Waals surface area contributed by atoms with Gasteiger partial charge >= 0.3 is 0 Å². The van der Waals surface area contributed by atoms with Crippen LogP contribution in [-0.4, -0.2) is 65.7 Å². The average Bonchev–Trinajstić information content (AvgIpc) is 3.23. The van der Waals surface area contributed by atoms with Gasteiger partial charge in [-0.1, -0.05) is 25.1 Å². The summed E-state index contributed by atoms with van der Waals surface area (Å²) in [4.78, 5) is 4.55. The van der Waals surface area contributed by atoms with E-state index in [4.69, 9.17) is 9.47 Å². The van der Waals surface area contributed by atoms with Crippen molar-refractivity contribution in [1.82, 2.24) is 10.6 Å². The van der Waals surface area contributed by atoms with Gasteiger partial charge in [0.2, 0.25) is 0 Å². The Balaban J connectivity index is 0.00000420. The quantitative estimate of drug-likeness (QED) is 0.195. The van der Waals surface area contributed by atoms with Gasteiger partial charge in [-0.3, -0.25) is 4.99 Å². The molecule has 1 fully saturated rings. The molecule has 1 aromatic carbocycles. The number of halogens is 1. The summed E-state index contributed by atoms with van der Waals surface area (Å²) in [6, 6.07) is 8.33. The first-order valence-electron chi connectivity index (χ1n) is 9.99. The summed E-state index contributed by atoms with van der Waals surface area (Å²) in [7, 11) is -1.66. The van der Waals surface area contributed by atoms with Gasteiger partial charge in [-0.05, 0) is 37.8 Å². The lowest BCUT2D eigenvalue weighted by atomic mass is 10.2. The van der Waals surface area contributed by atoms with Gasteiger partial charge in [0.25, 0.3) is 0 Å². The predicted octanol–water partition coefficient (Wildman–Crippen LogP) is 2.61. The first-order chi connectivity index (χ1) is 13.5. The molecule has 0 bridgehead atoms. The first-order valence-corrected chi connectivity index (χ1v) is 11.6. The smallest absolute Gasteiger partial charge is 0.191 e. The van der Waals surface area contributed by atoms with Crippen molar-refractivity contribution in [3.05, 3.63) is 30.3 Å². The van der Waals surface area contributed by atoms with Crippen LogP contribution < -0.4 is 10.6 Å². The predicted molar refractivity (Wildman–Crippen MR) is 127 cm³/mol. The summed E-state index contributed by atoms with van der Waals surface area (Å²) in [5, 5.41) is 6.43.